The molecule has 1 heterocycles. The van der Waals surface area contributed by atoms with Gasteiger partial charge < -0.3 is 11.1 Å². The van der Waals surface area contributed by atoms with Crippen LogP contribution in [0.2, 0.25) is 0 Å². The quantitative estimate of drug-likeness (QED) is 0.827. The highest BCUT2D eigenvalue weighted by Crippen LogP contribution is 2.23. The van der Waals surface area contributed by atoms with Gasteiger partial charge in [-0.3, -0.25) is 4.79 Å². The number of amides is 1. The summed E-state index contributed by atoms with van der Waals surface area (Å²) in [6, 6.07) is 6.22. The number of nitrogens with one attached hydrogen (secondary N) is 1. The van der Waals surface area contributed by atoms with E-state index in [-0.39, 0.29) is 11.9 Å². The highest BCUT2D eigenvalue weighted by Gasteiger charge is 2.12. The predicted molar refractivity (Wildman–Crippen MR) is 87.5 cm³/mol. The molecule has 112 valence electrons. The molecule has 1 atom stereocenters. The molecular formula is C14H18N4OS2. The van der Waals surface area contributed by atoms with E-state index in [1.165, 1.54) is 34.2 Å². The van der Waals surface area contributed by atoms with E-state index in [4.69, 9.17) is 5.73 Å². The number of aryl methyl sites for hydroxylation is 2. The summed E-state index contributed by atoms with van der Waals surface area (Å²) in [7, 11) is 0. The van der Waals surface area contributed by atoms with Crippen molar-refractivity contribution in [2.45, 2.75) is 31.2 Å². The number of anilines is 1. The first-order valence-electron chi connectivity index (χ1n) is 6.54. The van der Waals surface area contributed by atoms with Gasteiger partial charge >= 0.3 is 0 Å². The van der Waals surface area contributed by atoms with Gasteiger partial charge in [0, 0.05) is 0 Å². The Morgan fingerprint density at radius 1 is 1.38 bits per heavy atom. The Kier molecular flexibility index (Phi) is 5.19. The maximum absolute atomic E-state index is 12.0. The van der Waals surface area contributed by atoms with Crippen LogP contribution in [-0.2, 0) is 4.79 Å². The second-order valence-electron chi connectivity index (χ2n) is 4.83. The molecule has 2 rings (SSSR count). The molecule has 0 bridgehead atoms. The first-order chi connectivity index (χ1) is 9.95. The molecule has 1 aromatic heterocycles. The first-order valence-corrected chi connectivity index (χ1v) is 8.34. The number of carbonyl (C=O) groups is 1. The average molecular weight is 322 g/mol. The van der Waals surface area contributed by atoms with Crippen molar-refractivity contribution in [3.63, 3.8) is 0 Å². The summed E-state index contributed by atoms with van der Waals surface area (Å²) in [6.07, 6.45) is 0. The van der Waals surface area contributed by atoms with Crippen LogP contribution in [0.1, 0.15) is 29.7 Å². The van der Waals surface area contributed by atoms with Gasteiger partial charge in [-0.2, -0.15) is 0 Å². The number of benzene rings is 1. The number of nitrogen functional groups attached to an aromatic ring is 1. The number of nitrogens with two attached hydrogens (primary N) is 1. The van der Waals surface area contributed by atoms with E-state index in [2.05, 4.69) is 41.5 Å². The normalized spacial score (nSPS) is 12.1. The molecule has 0 radical (unpaired) electrons. The van der Waals surface area contributed by atoms with Crippen molar-refractivity contribution in [1.29, 1.82) is 0 Å². The molecule has 0 fully saturated rings. The van der Waals surface area contributed by atoms with E-state index < -0.39 is 0 Å². The van der Waals surface area contributed by atoms with Gasteiger partial charge in [0.1, 0.15) is 0 Å². The van der Waals surface area contributed by atoms with Gasteiger partial charge in [-0.25, -0.2) is 0 Å². The van der Waals surface area contributed by atoms with Crippen LogP contribution in [-0.4, -0.2) is 21.9 Å². The molecule has 2 aromatic rings. The third kappa shape index (κ3) is 4.44. The maximum Gasteiger partial charge on any atom is 0.230 e. The lowest BCUT2D eigenvalue weighted by Crippen LogP contribution is -2.28. The predicted octanol–water partition coefficient (Wildman–Crippen LogP) is 2.71. The van der Waals surface area contributed by atoms with E-state index in [9.17, 15) is 4.79 Å². The summed E-state index contributed by atoms with van der Waals surface area (Å²) < 4.78 is 0.710. The topological polar surface area (TPSA) is 80.9 Å². The standard InChI is InChI=1S/C14H18N4OS2/c1-8-4-5-11(6-9(8)2)10(3)16-12(19)7-20-14-18-17-13(15)21-14/h4-6,10H,7H2,1-3H3,(H2,15,17)(H,16,19)/t10-/m0/s1. The molecule has 0 aliphatic heterocycles. The molecule has 0 spiro atoms. The van der Waals surface area contributed by atoms with Gasteiger partial charge in [0.25, 0.3) is 0 Å². The van der Waals surface area contributed by atoms with Crippen LogP contribution in [0.15, 0.2) is 22.5 Å². The van der Waals surface area contributed by atoms with Crippen LogP contribution in [0.5, 0.6) is 0 Å². The second kappa shape index (κ2) is 6.91. The molecule has 0 unspecified atom stereocenters. The molecule has 1 aromatic carbocycles. The number of thioether (sulfide) groups is 1. The fourth-order valence-corrected chi connectivity index (χ4v) is 3.25. The van der Waals surface area contributed by atoms with Gasteiger partial charge in [-0.05, 0) is 37.5 Å². The number of aromatic nitrogens is 2. The minimum Gasteiger partial charge on any atom is -0.374 e. The summed E-state index contributed by atoms with van der Waals surface area (Å²) in [4.78, 5) is 12.0. The van der Waals surface area contributed by atoms with E-state index >= 15 is 0 Å². The number of rotatable bonds is 5. The van der Waals surface area contributed by atoms with Gasteiger partial charge in [0.15, 0.2) is 4.34 Å². The van der Waals surface area contributed by atoms with E-state index in [0.29, 0.717) is 15.2 Å². The number of carbonyl (C=O) groups excluding carboxylic acids is 1. The molecule has 5 nitrogen and oxygen atoms in total. The number of nitrogens with zero attached hydrogens (tertiary/aromatic N) is 2. The summed E-state index contributed by atoms with van der Waals surface area (Å²) in [6.45, 7) is 6.13. The minimum atomic E-state index is -0.0282. The Morgan fingerprint density at radius 2 is 2.14 bits per heavy atom. The fraction of sp³-hybridized carbons (Fsp3) is 0.357. The molecule has 0 aliphatic carbocycles. The third-order valence-electron chi connectivity index (χ3n) is 3.16. The number of hydrogen-bond donors (Lipinski definition) is 2. The molecule has 0 aliphatic rings. The van der Waals surface area contributed by atoms with Crippen molar-refractivity contribution in [2.24, 2.45) is 0 Å². The molecule has 0 saturated heterocycles. The van der Waals surface area contributed by atoms with Crippen LogP contribution in [0, 0.1) is 13.8 Å². The summed E-state index contributed by atoms with van der Waals surface area (Å²) in [5, 5.41) is 11.0. The summed E-state index contributed by atoms with van der Waals surface area (Å²) in [5.41, 5.74) is 9.09. The van der Waals surface area contributed by atoms with Crippen LogP contribution in [0.3, 0.4) is 0 Å². The maximum atomic E-state index is 12.0. The van der Waals surface area contributed by atoms with E-state index in [1.807, 2.05) is 13.0 Å². The summed E-state index contributed by atoms with van der Waals surface area (Å²) in [5.74, 6) is 0.281. The average Bonchev–Trinajstić information content (AvgIpc) is 2.85. The van der Waals surface area contributed by atoms with Crippen molar-refractivity contribution >= 4 is 34.1 Å². The Labute approximate surface area is 132 Å². The smallest absolute Gasteiger partial charge is 0.230 e. The van der Waals surface area contributed by atoms with Crippen molar-refractivity contribution in [3.8, 4) is 0 Å². The number of hydrogen-bond acceptors (Lipinski definition) is 6. The first kappa shape index (κ1) is 15.8. The SMILES string of the molecule is Cc1ccc([C@H](C)NC(=O)CSc2nnc(N)s2)cc1C. The monoisotopic (exact) mass is 322 g/mol. The molecule has 0 saturated carbocycles. The van der Waals surface area contributed by atoms with Crippen molar-refractivity contribution < 1.29 is 4.79 Å². The lowest BCUT2D eigenvalue weighted by atomic mass is 10.0. The second-order valence-corrected chi connectivity index (χ2v) is 7.06. The van der Waals surface area contributed by atoms with Crippen LogP contribution in [0.4, 0.5) is 5.13 Å². The molecule has 21 heavy (non-hydrogen) atoms. The zero-order chi connectivity index (χ0) is 15.4. The Balaban J connectivity index is 1.88. The van der Waals surface area contributed by atoms with Gasteiger partial charge in [-0.15, -0.1) is 10.2 Å². The van der Waals surface area contributed by atoms with Gasteiger partial charge in [0.2, 0.25) is 11.0 Å². The molecule has 7 heteroatoms. The lowest BCUT2D eigenvalue weighted by molar-refractivity contribution is -0.119. The Morgan fingerprint density at radius 3 is 2.76 bits per heavy atom. The van der Waals surface area contributed by atoms with Gasteiger partial charge in [-0.1, -0.05) is 41.3 Å². The van der Waals surface area contributed by atoms with Gasteiger partial charge in [0.05, 0.1) is 11.8 Å². The van der Waals surface area contributed by atoms with Crippen LogP contribution in [0.25, 0.3) is 0 Å². The van der Waals surface area contributed by atoms with Crippen LogP contribution < -0.4 is 11.1 Å². The largest absolute Gasteiger partial charge is 0.374 e. The van der Waals surface area contributed by atoms with Crippen molar-refractivity contribution in [1.82, 2.24) is 15.5 Å². The lowest BCUT2D eigenvalue weighted by Gasteiger charge is -2.15. The van der Waals surface area contributed by atoms with Crippen molar-refractivity contribution in [3.05, 3.63) is 34.9 Å². The van der Waals surface area contributed by atoms with Crippen LogP contribution >= 0.6 is 23.1 Å². The Bertz CT molecular complexity index is 642. The minimum absolute atomic E-state index is 0.0168. The zero-order valence-electron chi connectivity index (χ0n) is 12.2. The summed E-state index contributed by atoms with van der Waals surface area (Å²) >= 11 is 2.63. The molecule has 3 N–H and O–H groups in total. The zero-order valence-corrected chi connectivity index (χ0v) is 13.8. The highest BCUT2D eigenvalue weighted by molar-refractivity contribution is 8.01. The van der Waals surface area contributed by atoms with Crippen molar-refractivity contribution in [2.75, 3.05) is 11.5 Å². The molecular weight excluding hydrogens is 304 g/mol. The molecule has 1 amide bonds. The third-order valence-corrected chi connectivity index (χ3v) is 5.04. The fourth-order valence-electron chi connectivity index (χ4n) is 1.81. The Hall–Kier alpha value is -1.60. The highest BCUT2D eigenvalue weighted by atomic mass is 32.2. The van der Waals surface area contributed by atoms with E-state index in [0.717, 1.165) is 5.56 Å². The van der Waals surface area contributed by atoms with E-state index in [1.54, 1.807) is 0 Å².